The van der Waals surface area contributed by atoms with Gasteiger partial charge in [-0.3, -0.25) is 0 Å². The Labute approximate surface area is 81.3 Å². The van der Waals surface area contributed by atoms with Crippen molar-refractivity contribution < 1.29 is 9.90 Å². The summed E-state index contributed by atoms with van der Waals surface area (Å²) >= 11 is 0. The maximum Gasteiger partial charge on any atom is 0.337 e. The second-order valence-corrected chi connectivity index (χ2v) is 2.97. The molecular weight excluding hydrogens is 184 g/mol. The molecule has 0 spiro atoms. The fourth-order valence-corrected chi connectivity index (χ4v) is 0.941. The molecule has 0 bridgehead atoms. The predicted octanol–water partition coefficient (Wildman–Crippen LogP) is 0.251. The Bertz CT molecular complexity index is 351. The molecule has 0 saturated carbocycles. The van der Waals surface area contributed by atoms with Crippen molar-refractivity contribution >= 4 is 17.5 Å². The van der Waals surface area contributed by atoms with Gasteiger partial charge in [-0.05, 0) is 6.07 Å². The molecule has 6 nitrogen and oxygen atoms in total. The number of nitrogen functional groups attached to an aromatic ring is 1. The SMILES string of the molecule is CN(C)Nc1cc(C(=O)O)c(N)cn1. The summed E-state index contributed by atoms with van der Waals surface area (Å²) in [6.07, 6.45) is 1.31. The van der Waals surface area contributed by atoms with Crippen LogP contribution in [-0.2, 0) is 0 Å². The van der Waals surface area contributed by atoms with Crippen LogP contribution >= 0.6 is 0 Å². The van der Waals surface area contributed by atoms with Gasteiger partial charge in [0.25, 0.3) is 0 Å². The van der Waals surface area contributed by atoms with E-state index in [1.54, 1.807) is 19.1 Å². The van der Waals surface area contributed by atoms with Crippen molar-refractivity contribution in [3.05, 3.63) is 17.8 Å². The summed E-state index contributed by atoms with van der Waals surface area (Å²) in [6.45, 7) is 0. The van der Waals surface area contributed by atoms with Crippen LogP contribution in [-0.4, -0.2) is 35.2 Å². The maximum absolute atomic E-state index is 10.7. The number of aromatic carboxylic acids is 1. The Kier molecular flexibility index (Phi) is 2.88. The Hall–Kier alpha value is -1.82. The average Bonchev–Trinajstić information content (AvgIpc) is 2.07. The summed E-state index contributed by atoms with van der Waals surface area (Å²) in [6, 6.07) is 1.39. The van der Waals surface area contributed by atoms with Crippen LogP contribution in [0.5, 0.6) is 0 Å². The van der Waals surface area contributed by atoms with Crippen LogP contribution in [0.15, 0.2) is 12.3 Å². The lowest BCUT2D eigenvalue weighted by Crippen LogP contribution is -2.20. The van der Waals surface area contributed by atoms with Gasteiger partial charge in [-0.25, -0.2) is 14.8 Å². The number of hydrogen-bond donors (Lipinski definition) is 3. The molecule has 1 aromatic heterocycles. The van der Waals surface area contributed by atoms with E-state index >= 15 is 0 Å². The number of carbonyl (C=O) groups is 1. The highest BCUT2D eigenvalue weighted by atomic mass is 16.4. The molecule has 0 unspecified atom stereocenters. The van der Waals surface area contributed by atoms with Gasteiger partial charge in [-0.15, -0.1) is 0 Å². The monoisotopic (exact) mass is 196 g/mol. The number of pyridine rings is 1. The molecule has 0 aliphatic heterocycles. The number of nitrogens with one attached hydrogen (secondary N) is 1. The van der Waals surface area contributed by atoms with Crippen LogP contribution in [0.4, 0.5) is 11.5 Å². The molecule has 0 radical (unpaired) electrons. The van der Waals surface area contributed by atoms with E-state index in [4.69, 9.17) is 10.8 Å². The van der Waals surface area contributed by atoms with Crippen LogP contribution in [0.2, 0.25) is 0 Å². The molecule has 1 aromatic rings. The molecule has 1 heterocycles. The van der Waals surface area contributed by atoms with Crippen LogP contribution in [0, 0.1) is 0 Å². The fourth-order valence-electron chi connectivity index (χ4n) is 0.941. The van der Waals surface area contributed by atoms with Gasteiger partial charge in [0.05, 0.1) is 17.4 Å². The van der Waals surface area contributed by atoms with Crippen molar-refractivity contribution in [1.82, 2.24) is 9.99 Å². The second-order valence-electron chi connectivity index (χ2n) is 2.97. The minimum Gasteiger partial charge on any atom is -0.478 e. The van der Waals surface area contributed by atoms with E-state index in [2.05, 4.69) is 10.4 Å². The minimum absolute atomic E-state index is 0.0457. The van der Waals surface area contributed by atoms with Crippen LogP contribution in [0.3, 0.4) is 0 Å². The van der Waals surface area contributed by atoms with Gasteiger partial charge in [-0.1, -0.05) is 0 Å². The first kappa shape index (κ1) is 10.3. The van der Waals surface area contributed by atoms with Crippen LogP contribution in [0.25, 0.3) is 0 Å². The summed E-state index contributed by atoms with van der Waals surface area (Å²) in [5.74, 6) is -0.617. The molecule has 76 valence electrons. The highest BCUT2D eigenvalue weighted by Crippen LogP contribution is 2.14. The number of carboxylic acid groups (broad SMARTS) is 1. The number of nitrogens with zero attached hydrogens (tertiary/aromatic N) is 2. The lowest BCUT2D eigenvalue weighted by Gasteiger charge is -2.13. The number of nitrogens with two attached hydrogens (primary N) is 1. The Morgan fingerprint density at radius 3 is 2.79 bits per heavy atom. The number of carboxylic acids is 1. The van der Waals surface area contributed by atoms with Crippen molar-refractivity contribution in [1.29, 1.82) is 0 Å². The standard InChI is InChI=1S/C8H12N4O2/c1-12(2)11-7-3-5(8(13)14)6(9)4-10-7/h3-4H,9H2,1-2H3,(H,10,11)(H,13,14). The Morgan fingerprint density at radius 2 is 2.29 bits per heavy atom. The Balaban J connectivity index is 3.00. The molecule has 0 fully saturated rings. The summed E-state index contributed by atoms with van der Waals surface area (Å²) in [5.41, 5.74) is 8.47. The third kappa shape index (κ3) is 2.33. The van der Waals surface area contributed by atoms with Crippen molar-refractivity contribution in [2.24, 2.45) is 0 Å². The number of rotatable bonds is 3. The molecule has 14 heavy (non-hydrogen) atoms. The van der Waals surface area contributed by atoms with E-state index in [9.17, 15) is 4.79 Å². The Morgan fingerprint density at radius 1 is 1.64 bits per heavy atom. The van der Waals surface area contributed by atoms with Crippen molar-refractivity contribution in [3.8, 4) is 0 Å². The number of hydrazine groups is 1. The van der Waals surface area contributed by atoms with Crippen LogP contribution < -0.4 is 11.2 Å². The first-order valence-corrected chi connectivity index (χ1v) is 3.93. The van der Waals surface area contributed by atoms with E-state index < -0.39 is 5.97 Å². The van der Waals surface area contributed by atoms with Gasteiger partial charge in [0.15, 0.2) is 0 Å². The molecule has 0 aliphatic carbocycles. The zero-order valence-electron chi connectivity index (χ0n) is 7.98. The van der Waals surface area contributed by atoms with Crippen LogP contribution in [0.1, 0.15) is 10.4 Å². The third-order valence-electron chi connectivity index (χ3n) is 1.50. The average molecular weight is 196 g/mol. The normalized spacial score (nSPS) is 10.2. The van der Waals surface area contributed by atoms with Crippen molar-refractivity contribution in [2.45, 2.75) is 0 Å². The van der Waals surface area contributed by atoms with Gasteiger partial charge in [0, 0.05) is 14.1 Å². The molecule has 0 aliphatic rings. The lowest BCUT2D eigenvalue weighted by atomic mass is 10.2. The van der Waals surface area contributed by atoms with E-state index in [0.29, 0.717) is 5.82 Å². The minimum atomic E-state index is -1.06. The molecule has 1 rings (SSSR count). The molecule has 0 aromatic carbocycles. The van der Waals surface area contributed by atoms with E-state index in [1.165, 1.54) is 12.3 Å². The van der Waals surface area contributed by atoms with Crippen molar-refractivity contribution in [2.75, 3.05) is 25.3 Å². The topological polar surface area (TPSA) is 91.5 Å². The van der Waals surface area contributed by atoms with Gasteiger partial charge in [0.2, 0.25) is 0 Å². The van der Waals surface area contributed by atoms with Gasteiger partial charge >= 0.3 is 5.97 Å². The highest BCUT2D eigenvalue weighted by molar-refractivity contribution is 5.94. The smallest absolute Gasteiger partial charge is 0.337 e. The fraction of sp³-hybridized carbons (Fsp3) is 0.250. The first-order chi connectivity index (χ1) is 6.50. The van der Waals surface area contributed by atoms with Gasteiger partial charge in [0.1, 0.15) is 5.82 Å². The molecule has 4 N–H and O–H groups in total. The number of aromatic nitrogens is 1. The third-order valence-corrected chi connectivity index (χ3v) is 1.50. The number of anilines is 2. The summed E-state index contributed by atoms with van der Waals surface area (Å²) < 4.78 is 0. The quantitative estimate of drug-likeness (QED) is 0.600. The molecular formula is C8H12N4O2. The van der Waals surface area contributed by atoms with Gasteiger partial charge < -0.3 is 16.3 Å². The molecule has 0 atom stereocenters. The summed E-state index contributed by atoms with van der Waals surface area (Å²) in [5, 5.41) is 10.4. The first-order valence-electron chi connectivity index (χ1n) is 3.93. The zero-order chi connectivity index (χ0) is 10.7. The molecule has 0 amide bonds. The summed E-state index contributed by atoms with van der Waals surface area (Å²) in [4.78, 5) is 14.6. The highest BCUT2D eigenvalue weighted by Gasteiger charge is 2.09. The molecule has 6 heteroatoms. The second kappa shape index (κ2) is 3.93. The van der Waals surface area contributed by atoms with Crippen molar-refractivity contribution in [3.63, 3.8) is 0 Å². The maximum atomic E-state index is 10.7. The lowest BCUT2D eigenvalue weighted by molar-refractivity contribution is 0.0698. The van der Waals surface area contributed by atoms with E-state index in [-0.39, 0.29) is 11.3 Å². The van der Waals surface area contributed by atoms with E-state index in [1.807, 2.05) is 0 Å². The predicted molar refractivity (Wildman–Crippen MR) is 52.9 cm³/mol. The van der Waals surface area contributed by atoms with E-state index in [0.717, 1.165) is 0 Å². The number of hydrogen-bond acceptors (Lipinski definition) is 5. The molecule has 0 saturated heterocycles. The zero-order valence-corrected chi connectivity index (χ0v) is 7.98. The van der Waals surface area contributed by atoms with Gasteiger partial charge in [-0.2, -0.15) is 0 Å². The summed E-state index contributed by atoms with van der Waals surface area (Å²) in [7, 11) is 3.55. The largest absolute Gasteiger partial charge is 0.478 e.